The highest BCUT2D eigenvalue weighted by molar-refractivity contribution is 6.32. The van der Waals surface area contributed by atoms with Crippen LogP contribution in [0.5, 0.6) is 11.5 Å². The Morgan fingerprint density at radius 3 is 2.40 bits per heavy atom. The van der Waals surface area contributed by atoms with Crippen molar-refractivity contribution in [1.29, 1.82) is 0 Å². The number of ether oxygens (including phenoxy) is 2. The number of amides is 1. The molecule has 0 spiro atoms. The number of likely N-dealkylation sites (N-methyl/N-ethyl adjacent to an activating group) is 1. The molecule has 0 bridgehead atoms. The van der Waals surface area contributed by atoms with E-state index in [9.17, 15) is 4.79 Å². The third-order valence-corrected chi connectivity index (χ3v) is 5.23. The van der Waals surface area contributed by atoms with E-state index in [-0.39, 0.29) is 12.5 Å². The number of aryl methyl sites for hydroxylation is 2. The Balaban J connectivity index is 1.63. The van der Waals surface area contributed by atoms with Crippen molar-refractivity contribution in [2.45, 2.75) is 33.4 Å². The third kappa shape index (κ3) is 4.91. The van der Waals surface area contributed by atoms with Gasteiger partial charge in [0.05, 0.1) is 13.7 Å². The topological polar surface area (TPSA) is 77.7 Å². The highest BCUT2D eigenvalue weighted by Crippen LogP contribution is 2.26. The molecular weight excluding hydrogens is 406 g/mol. The van der Waals surface area contributed by atoms with Gasteiger partial charge in [0.1, 0.15) is 11.5 Å². The largest absolute Gasteiger partial charge is 0.497 e. The van der Waals surface area contributed by atoms with Gasteiger partial charge in [-0.1, -0.05) is 16.8 Å². The van der Waals surface area contributed by atoms with E-state index in [1.807, 2.05) is 50.2 Å². The summed E-state index contributed by atoms with van der Waals surface area (Å²) in [5.41, 5.74) is 2.60. The molecule has 1 heterocycles. The minimum atomic E-state index is -0.682. The summed E-state index contributed by atoms with van der Waals surface area (Å²) in [7, 11) is 3.27. The molecule has 1 atom stereocenters. The summed E-state index contributed by atoms with van der Waals surface area (Å²) >= 11 is 6.19. The molecule has 7 nitrogen and oxygen atoms in total. The number of aromatic nitrogens is 2. The van der Waals surface area contributed by atoms with Gasteiger partial charge in [0.15, 0.2) is 6.10 Å². The van der Waals surface area contributed by atoms with Crippen LogP contribution in [0.3, 0.4) is 0 Å². The predicted octanol–water partition coefficient (Wildman–Crippen LogP) is 4.44. The first-order valence-corrected chi connectivity index (χ1v) is 9.81. The molecule has 3 aromatic rings. The lowest BCUT2D eigenvalue weighted by Gasteiger charge is -2.21. The van der Waals surface area contributed by atoms with Gasteiger partial charge in [0.2, 0.25) is 11.7 Å². The Labute approximate surface area is 180 Å². The number of nitrogens with zero attached hydrogens (tertiary/aromatic N) is 3. The van der Waals surface area contributed by atoms with Gasteiger partial charge in [0, 0.05) is 17.6 Å². The van der Waals surface area contributed by atoms with Gasteiger partial charge in [-0.3, -0.25) is 4.79 Å². The number of halogens is 1. The van der Waals surface area contributed by atoms with Crippen LogP contribution >= 0.6 is 11.6 Å². The highest BCUT2D eigenvalue weighted by atomic mass is 35.5. The van der Waals surface area contributed by atoms with E-state index >= 15 is 0 Å². The number of benzene rings is 2. The predicted molar refractivity (Wildman–Crippen MR) is 114 cm³/mol. The van der Waals surface area contributed by atoms with E-state index in [0.29, 0.717) is 22.5 Å². The smallest absolute Gasteiger partial charge is 0.263 e. The van der Waals surface area contributed by atoms with Crippen molar-refractivity contribution in [3.05, 3.63) is 58.4 Å². The quantitative estimate of drug-likeness (QED) is 0.552. The molecule has 0 radical (unpaired) electrons. The van der Waals surface area contributed by atoms with E-state index in [2.05, 4.69) is 10.1 Å². The van der Waals surface area contributed by atoms with Crippen LogP contribution in [0.25, 0.3) is 11.4 Å². The molecule has 0 aliphatic heterocycles. The van der Waals surface area contributed by atoms with Crippen LogP contribution in [0, 0.1) is 13.8 Å². The zero-order valence-corrected chi connectivity index (χ0v) is 18.4. The van der Waals surface area contributed by atoms with Crippen LogP contribution < -0.4 is 9.47 Å². The van der Waals surface area contributed by atoms with Gasteiger partial charge < -0.3 is 18.9 Å². The van der Waals surface area contributed by atoms with Crippen molar-refractivity contribution in [3.8, 4) is 22.9 Å². The fourth-order valence-corrected chi connectivity index (χ4v) is 3.11. The van der Waals surface area contributed by atoms with Crippen LogP contribution in [-0.2, 0) is 11.3 Å². The highest BCUT2D eigenvalue weighted by Gasteiger charge is 2.22. The van der Waals surface area contributed by atoms with Crippen LogP contribution in [0.4, 0.5) is 0 Å². The number of carbonyl (C=O) groups excluding carboxylic acids is 1. The van der Waals surface area contributed by atoms with Gasteiger partial charge in [-0.05, 0) is 68.3 Å². The molecule has 2 aromatic carbocycles. The minimum absolute atomic E-state index is 0.175. The summed E-state index contributed by atoms with van der Waals surface area (Å²) in [5.74, 6) is 1.92. The lowest BCUT2D eigenvalue weighted by molar-refractivity contribution is -0.137. The molecule has 0 saturated carbocycles. The molecule has 1 amide bonds. The number of hydrogen-bond donors (Lipinski definition) is 0. The second-order valence-electron chi connectivity index (χ2n) is 7.07. The lowest BCUT2D eigenvalue weighted by Crippen LogP contribution is -2.37. The van der Waals surface area contributed by atoms with Crippen molar-refractivity contribution in [3.63, 3.8) is 0 Å². The summed E-state index contributed by atoms with van der Waals surface area (Å²) in [5, 5.41) is 4.68. The maximum atomic E-state index is 12.7. The molecule has 0 saturated heterocycles. The van der Waals surface area contributed by atoms with Gasteiger partial charge >= 0.3 is 0 Å². The maximum Gasteiger partial charge on any atom is 0.263 e. The van der Waals surface area contributed by atoms with Crippen molar-refractivity contribution in [1.82, 2.24) is 15.0 Å². The zero-order chi connectivity index (χ0) is 21.8. The van der Waals surface area contributed by atoms with E-state index in [4.69, 9.17) is 25.6 Å². The standard InChI is InChI=1S/C22H24ClN3O4/c1-13-10-18(11-14(2)20(13)23)29-15(3)22(27)26(4)12-19-24-21(25-30-19)16-6-8-17(28-5)9-7-16/h6-11,15H,12H2,1-5H3. The molecule has 1 aromatic heterocycles. The zero-order valence-electron chi connectivity index (χ0n) is 17.6. The van der Waals surface area contributed by atoms with E-state index < -0.39 is 6.10 Å². The molecule has 30 heavy (non-hydrogen) atoms. The number of rotatable bonds is 7. The first-order chi connectivity index (χ1) is 14.3. The van der Waals surface area contributed by atoms with Crippen molar-refractivity contribution >= 4 is 17.5 Å². The van der Waals surface area contributed by atoms with E-state index in [1.165, 1.54) is 4.90 Å². The molecule has 0 fully saturated rings. The molecule has 158 valence electrons. The van der Waals surface area contributed by atoms with E-state index in [1.54, 1.807) is 21.1 Å². The first-order valence-electron chi connectivity index (χ1n) is 9.44. The average Bonchev–Trinajstić information content (AvgIpc) is 3.19. The number of hydrogen-bond acceptors (Lipinski definition) is 6. The Morgan fingerprint density at radius 1 is 1.17 bits per heavy atom. The third-order valence-electron chi connectivity index (χ3n) is 4.64. The molecular formula is C22H24ClN3O4. The summed E-state index contributed by atoms with van der Waals surface area (Å²) < 4.78 is 16.3. The Hall–Kier alpha value is -3.06. The van der Waals surface area contributed by atoms with Crippen LogP contribution in [0.1, 0.15) is 23.9 Å². The van der Waals surface area contributed by atoms with Gasteiger partial charge in [-0.15, -0.1) is 0 Å². The lowest BCUT2D eigenvalue weighted by atomic mass is 10.1. The van der Waals surface area contributed by atoms with E-state index in [0.717, 1.165) is 22.4 Å². The number of methoxy groups -OCH3 is 1. The summed E-state index contributed by atoms with van der Waals surface area (Å²) in [4.78, 5) is 18.6. The fourth-order valence-electron chi connectivity index (χ4n) is 3.00. The van der Waals surface area contributed by atoms with Crippen molar-refractivity contribution < 1.29 is 18.8 Å². The second-order valence-corrected chi connectivity index (χ2v) is 7.44. The fraction of sp³-hybridized carbons (Fsp3) is 0.318. The Kier molecular flexibility index (Phi) is 6.62. The average molecular weight is 430 g/mol. The molecule has 1 unspecified atom stereocenters. The molecule has 0 aliphatic carbocycles. The van der Waals surface area contributed by atoms with Crippen molar-refractivity contribution in [2.24, 2.45) is 0 Å². The second kappa shape index (κ2) is 9.17. The van der Waals surface area contributed by atoms with Gasteiger partial charge in [0.25, 0.3) is 5.91 Å². The number of carbonyl (C=O) groups is 1. The minimum Gasteiger partial charge on any atom is -0.497 e. The normalized spacial score (nSPS) is 11.8. The Morgan fingerprint density at radius 2 is 1.80 bits per heavy atom. The van der Waals surface area contributed by atoms with Crippen molar-refractivity contribution in [2.75, 3.05) is 14.2 Å². The van der Waals surface area contributed by atoms with Crippen LogP contribution in [0.15, 0.2) is 40.9 Å². The summed E-state index contributed by atoms with van der Waals surface area (Å²) in [6, 6.07) is 11.0. The van der Waals surface area contributed by atoms with Crippen LogP contribution in [0.2, 0.25) is 5.02 Å². The molecule has 8 heteroatoms. The Bertz CT molecular complexity index is 1010. The van der Waals surface area contributed by atoms with Crippen LogP contribution in [-0.4, -0.2) is 41.2 Å². The monoisotopic (exact) mass is 429 g/mol. The van der Waals surface area contributed by atoms with Gasteiger partial charge in [-0.2, -0.15) is 4.98 Å². The van der Waals surface area contributed by atoms with Gasteiger partial charge in [-0.25, -0.2) is 0 Å². The summed E-state index contributed by atoms with van der Waals surface area (Å²) in [6.07, 6.45) is -0.682. The first kappa shape index (κ1) is 21.6. The molecule has 0 aliphatic rings. The SMILES string of the molecule is COc1ccc(-c2noc(CN(C)C(=O)C(C)Oc3cc(C)c(Cl)c(C)c3)n2)cc1. The molecule has 0 N–H and O–H groups in total. The maximum absolute atomic E-state index is 12.7. The summed E-state index contributed by atoms with van der Waals surface area (Å²) in [6.45, 7) is 5.68. The molecule has 3 rings (SSSR count).